The zero-order valence-corrected chi connectivity index (χ0v) is 16.7. The smallest absolute Gasteiger partial charge is 0.307 e. The number of carbonyl (C=O) groups is 2. The average molecular weight is 432 g/mol. The van der Waals surface area contributed by atoms with Crippen LogP contribution in [-0.4, -0.2) is 17.5 Å². The third-order valence-electron chi connectivity index (χ3n) is 4.65. The fraction of sp³-hybridized carbons (Fsp3) is 0.350. The molecular formula is C20H22BrN3O3. The number of benzene rings is 1. The number of anilines is 1. The Morgan fingerprint density at radius 3 is 2.63 bits per heavy atom. The van der Waals surface area contributed by atoms with Gasteiger partial charge in [0.15, 0.2) is 10.4 Å². The lowest BCUT2D eigenvalue weighted by Crippen LogP contribution is -2.24. The van der Waals surface area contributed by atoms with E-state index in [0.29, 0.717) is 10.4 Å². The van der Waals surface area contributed by atoms with Gasteiger partial charge in [0.05, 0.1) is 5.71 Å². The standard InChI is InChI=1S/C20H22BrN3O3/c1-13(23-24-20(26)17-10-11-18(21)27-17)15-8-5-9-16(12-15)22-19(25)14-6-3-2-4-7-14/h5,8-12,14H,2-4,6-7H2,1H3,(H,22,25)(H,24,26)/b23-13-. The van der Waals surface area contributed by atoms with E-state index in [1.54, 1.807) is 19.1 Å². The number of hydrogen-bond donors (Lipinski definition) is 2. The molecule has 1 aromatic carbocycles. The minimum atomic E-state index is -0.429. The minimum absolute atomic E-state index is 0.0816. The first kappa shape index (κ1) is 19.4. The van der Waals surface area contributed by atoms with Crippen LogP contribution in [0.15, 0.2) is 50.6 Å². The Labute approximate surface area is 166 Å². The molecule has 27 heavy (non-hydrogen) atoms. The van der Waals surface area contributed by atoms with Crippen molar-refractivity contribution in [3.8, 4) is 0 Å². The molecule has 7 heteroatoms. The van der Waals surface area contributed by atoms with Gasteiger partial charge in [0.25, 0.3) is 0 Å². The summed E-state index contributed by atoms with van der Waals surface area (Å²) in [7, 11) is 0. The fourth-order valence-corrected chi connectivity index (χ4v) is 3.43. The zero-order chi connectivity index (χ0) is 19.2. The molecule has 2 amide bonds. The predicted octanol–water partition coefficient (Wildman–Crippen LogP) is 4.71. The Morgan fingerprint density at radius 1 is 1.15 bits per heavy atom. The van der Waals surface area contributed by atoms with Gasteiger partial charge in [-0.15, -0.1) is 0 Å². The normalized spacial score (nSPS) is 15.4. The van der Waals surface area contributed by atoms with E-state index in [4.69, 9.17) is 4.42 Å². The molecule has 2 N–H and O–H groups in total. The van der Waals surface area contributed by atoms with Crippen LogP contribution in [0.5, 0.6) is 0 Å². The van der Waals surface area contributed by atoms with E-state index < -0.39 is 5.91 Å². The molecule has 3 rings (SSSR count). The van der Waals surface area contributed by atoms with Crippen molar-refractivity contribution < 1.29 is 14.0 Å². The molecule has 1 saturated carbocycles. The second-order valence-electron chi connectivity index (χ2n) is 6.65. The van der Waals surface area contributed by atoms with Gasteiger partial charge in [-0.3, -0.25) is 9.59 Å². The first-order valence-electron chi connectivity index (χ1n) is 9.04. The number of nitrogens with zero attached hydrogens (tertiary/aromatic N) is 1. The van der Waals surface area contributed by atoms with Gasteiger partial charge in [-0.25, -0.2) is 5.43 Å². The van der Waals surface area contributed by atoms with Crippen molar-refractivity contribution in [1.82, 2.24) is 5.43 Å². The van der Waals surface area contributed by atoms with Gasteiger partial charge in [-0.05, 0) is 65.5 Å². The summed E-state index contributed by atoms with van der Waals surface area (Å²) >= 11 is 3.16. The predicted molar refractivity (Wildman–Crippen MR) is 108 cm³/mol. The molecule has 1 aliphatic carbocycles. The molecule has 1 aliphatic rings. The first-order chi connectivity index (χ1) is 13.0. The molecule has 0 spiro atoms. The summed E-state index contributed by atoms with van der Waals surface area (Å²) in [4.78, 5) is 24.4. The van der Waals surface area contributed by atoms with Crippen molar-refractivity contribution in [3.63, 3.8) is 0 Å². The number of carbonyl (C=O) groups excluding carboxylic acids is 2. The second kappa shape index (κ2) is 8.99. The van der Waals surface area contributed by atoms with Crippen LogP contribution in [0.25, 0.3) is 0 Å². The Kier molecular flexibility index (Phi) is 6.45. The number of furan rings is 1. The van der Waals surface area contributed by atoms with Crippen LogP contribution in [0.1, 0.15) is 55.1 Å². The van der Waals surface area contributed by atoms with Crippen molar-refractivity contribution in [2.45, 2.75) is 39.0 Å². The third kappa shape index (κ3) is 5.29. The van der Waals surface area contributed by atoms with E-state index >= 15 is 0 Å². The second-order valence-corrected chi connectivity index (χ2v) is 7.43. The molecule has 1 aromatic heterocycles. The quantitative estimate of drug-likeness (QED) is 0.530. The Balaban J connectivity index is 1.63. The summed E-state index contributed by atoms with van der Waals surface area (Å²) in [6.45, 7) is 1.79. The van der Waals surface area contributed by atoms with E-state index in [1.807, 2.05) is 24.3 Å². The lowest BCUT2D eigenvalue weighted by atomic mass is 9.88. The Bertz CT molecular complexity index is 854. The van der Waals surface area contributed by atoms with Crippen molar-refractivity contribution in [1.29, 1.82) is 0 Å². The molecule has 142 valence electrons. The highest BCUT2D eigenvalue weighted by atomic mass is 79.9. The van der Waals surface area contributed by atoms with Crippen LogP contribution in [0, 0.1) is 5.92 Å². The summed E-state index contributed by atoms with van der Waals surface area (Å²) in [6.07, 6.45) is 5.38. The number of amides is 2. The summed E-state index contributed by atoms with van der Waals surface area (Å²) in [5.41, 5.74) is 4.65. The molecule has 2 aromatic rings. The molecule has 0 saturated heterocycles. The lowest BCUT2D eigenvalue weighted by Gasteiger charge is -2.20. The summed E-state index contributed by atoms with van der Waals surface area (Å²) in [6, 6.07) is 10.7. The van der Waals surface area contributed by atoms with Crippen LogP contribution >= 0.6 is 15.9 Å². The third-order valence-corrected chi connectivity index (χ3v) is 5.07. The van der Waals surface area contributed by atoms with Crippen molar-refractivity contribution in [2.75, 3.05) is 5.32 Å². The fourth-order valence-electron chi connectivity index (χ4n) is 3.12. The molecule has 0 atom stereocenters. The van der Waals surface area contributed by atoms with Crippen molar-refractivity contribution >= 4 is 39.1 Å². The average Bonchev–Trinajstić information content (AvgIpc) is 3.13. The molecule has 0 aliphatic heterocycles. The van der Waals surface area contributed by atoms with Crippen LogP contribution in [0.2, 0.25) is 0 Å². The highest BCUT2D eigenvalue weighted by molar-refractivity contribution is 9.10. The number of nitrogens with one attached hydrogen (secondary N) is 2. The zero-order valence-electron chi connectivity index (χ0n) is 15.1. The van der Waals surface area contributed by atoms with Crippen molar-refractivity contribution in [2.24, 2.45) is 11.0 Å². The molecule has 0 bridgehead atoms. The monoisotopic (exact) mass is 431 g/mol. The van der Waals surface area contributed by atoms with Gasteiger partial charge in [-0.2, -0.15) is 5.10 Å². The first-order valence-corrected chi connectivity index (χ1v) is 9.83. The maximum Gasteiger partial charge on any atom is 0.307 e. The maximum absolute atomic E-state index is 12.4. The lowest BCUT2D eigenvalue weighted by molar-refractivity contribution is -0.120. The topological polar surface area (TPSA) is 83.7 Å². The van der Waals surface area contributed by atoms with Crippen LogP contribution < -0.4 is 10.7 Å². The van der Waals surface area contributed by atoms with Gasteiger partial charge in [0.2, 0.25) is 5.91 Å². The van der Waals surface area contributed by atoms with E-state index in [0.717, 1.165) is 36.9 Å². The van der Waals surface area contributed by atoms with Crippen LogP contribution in [0.3, 0.4) is 0 Å². The maximum atomic E-state index is 12.4. The van der Waals surface area contributed by atoms with E-state index in [1.165, 1.54) is 6.42 Å². The van der Waals surface area contributed by atoms with Crippen LogP contribution in [-0.2, 0) is 4.79 Å². The van der Waals surface area contributed by atoms with Crippen LogP contribution in [0.4, 0.5) is 5.69 Å². The van der Waals surface area contributed by atoms with Gasteiger partial charge < -0.3 is 9.73 Å². The van der Waals surface area contributed by atoms with Gasteiger partial charge in [-0.1, -0.05) is 31.4 Å². The summed E-state index contributed by atoms with van der Waals surface area (Å²) in [5.74, 6) is -0.0732. The van der Waals surface area contributed by atoms with E-state index in [-0.39, 0.29) is 17.6 Å². The SMILES string of the molecule is C/C(=N/NC(=O)c1ccc(Br)o1)c1cccc(NC(=O)C2CCCCC2)c1. The molecule has 0 unspecified atom stereocenters. The van der Waals surface area contributed by atoms with E-state index in [2.05, 4.69) is 31.8 Å². The highest BCUT2D eigenvalue weighted by Gasteiger charge is 2.21. The number of rotatable bonds is 5. The molecule has 6 nitrogen and oxygen atoms in total. The molecule has 1 heterocycles. The molecule has 0 radical (unpaired) electrons. The van der Waals surface area contributed by atoms with Gasteiger partial charge in [0.1, 0.15) is 0 Å². The van der Waals surface area contributed by atoms with Crippen molar-refractivity contribution in [3.05, 3.63) is 52.4 Å². The van der Waals surface area contributed by atoms with E-state index in [9.17, 15) is 9.59 Å². The molecular weight excluding hydrogens is 410 g/mol. The number of hydrogen-bond acceptors (Lipinski definition) is 4. The minimum Gasteiger partial charge on any atom is -0.444 e. The molecule has 1 fully saturated rings. The number of halogens is 1. The highest BCUT2D eigenvalue weighted by Crippen LogP contribution is 2.25. The van der Waals surface area contributed by atoms with Gasteiger partial charge in [0, 0.05) is 11.6 Å². The number of hydrazone groups is 1. The Hall–Kier alpha value is -2.41. The summed E-state index contributed by atoms with van der Waals surface area (Å²) < 4.78 is 5.67. The van der Waals surface area contributed by atoms with Gasteiger partial charge >= 0.3 is 5.91 Å². The largest absolute Gasteiger partial charge is 0.444 e. The summed E-state index contributed by atoms with van der Waals surface area (Å²) in [5, 5.41) is 7.12. The Morgan fingerprint density at radius 2 is 1.93 bits per heavy atom.